The van der Waals surface area contributed by atoms with Gasteiger partial charge in [0.1, 0.15) is 46.3 Å². The van der Waals surface area contributed by atoms with Crippen molar-refractivity contribution in [1.29, 1.82) is 0 Å². The molecule has 190 valence electrons. The van der Waals surface area contributed by atoms with Crippen molar-refractivity contribution in [3.63, 3.8) is 0 Å². The van der Waals surface area contributed by atoms with E-state index in [0.717, 1.165) is 16.7 Å². The number of aromatic nitrogens is 3. The first-order valence-electron chi connectivity index (χ1n) is 11.2. The molecule has 2 aromatic carbocycles. The van der Waals surface area contributed by atoms with Gasteiger partial charge in [0, 0.05) is 5.41 Å². The van der Waals surface area contributed by atoms with Gasteiger partial charge in [-0.15, -0.1) is 16.7 Å². The van der Waals surface area contributed by atoms with Gasteiger partial charge in [-0.1, -0.05) is 43.3 Å². The first kappa shape index (κ1) is 27.7. The summed E-state index contributed by atoms with van der Waals surface area (Å²) in [6.07, 6.45) is -1.47. The smallest absolute Gasteiger partial charge is 0.125 e. The SMILES string of the molecule is Cc1cc(C(C)(C)c2ccc(OC[C@H](O)CCl)cc2)ccc1OC[C@H](O)Cn1nnc(CO)c1I. The lowest BCUT2D eigenvalue weighted by Gasteiger charge is -2.27. The van der Waals surface area contributed by atoms with E-state index in [0.29, 0.717) is 20.9 Å². The topological polar surface area (TPSA) is 110 Å². The minimum atomic E-state index is -0.779. The summed E-state index contributed by atoms with van der Waals surface area (Å²) in [5.74, 6) is 1.52. The van der Waals surface area contributed by atoms with Crippen molar-refractivity contribution in [3.05, 3.63) is 68.5 Å². The Labute approximate surface area is 224 Å². The van der Waals surface area contributed by atoms with Crippen LogP contribution < -0.4 is 9.47 Å². The molecule has 3 rings (SSSR count). The summed E-state index contributed by atoms with van der Waals surface area (Å²) in [6.45, 7) is 6.58. The van der Waals surface area contributed by atoms with Crippen LogP contribution in [0.25, 0.3) is 0 Å². The van der Waals surface area contributed by atoms with Gasteiger partial charge >= 0.3 is 0 Å². The minimum absolute atomic E-state index is 0.105. The summed E-state index contributed by atoms with van der Waals surface area (Å²) in [5, 5.41) is 37.0. The van der Waals surface area contributed by atoms with Crippen LogP contribution in [0, 0.1) is 10.6 Å². The molecule has 0 unspecified atom stereocenters. The fourth-order valence-electron chi connectivity index (χ4n) is 3.56. The molecule has 0 saturated carbocycles. The van der Waals surface area contributed by atoms with Crippen molar-refractivity contribution in [2.75, 3.05) is 19.1 Å². The molecule has 0 bridgehead atoms. The monoisotopic (exact) mass is 615 g/mol. The van der Waals surface area contributed by atoms with Crippen LogP contribution >= 0.6 is 34.2 Å². The second kappa shape index (κ2) is 12.4. The molecule has 35 heavy (non-hydrogen) atoms. The van der Waals surface area contributed by atoms with Gasteiger partial charge in [-0.25, -0.2) is 4.68 Å². The molecule has 0 aliphatic heterocycles. The molecule has 0 aliphatic carbocycles. The lowest BCUT2D eigenvalue weighted by Crippen LogP contribution is -2.25. The summed E-state index contributed by atoms with van der Waals surface area (Å²) in [4.78, 5) is 0. The molecule has 10 heteroatoms. The number of alkyl halides is 1. The number of aliphatic hydroxyl groups excluding tert-OH is 3. The van der Waals surface area contributed by atoms with Crippen molar-refractivity contribution in [2.24, 2.45) is 0 Å². The van der Waals surface area contributed by atoms with Crippen LogP contribution in [0.1, 0.15) is 36.2 Å². The second-order valence-corrected chi connectivity index (χ2v) is 10.2. The Morgan fingerprint density at radius 2 is 1.69 bits per heavy atom. The number of rotatable bonds is 12. The number of hydrogen-bond donors (Lipinski definition) is 3. The zero-order chi connectivity index (χ0) is 25.6. The van der Waals surface area contributed by atoms with E-state index in [4.69, 9.17) is 21.1 Å². The molecule has 0 fully saturated rings. The standard InChI is InChI=1S/C25H31ClIN3O5/c1-16-10-18(25(2,3)17-4-7-21(8-5-17)34-14-19(32)11-26)6-9-23(16)35-15-20(33)12-30-24(27)22(13-31)28-29-30/h4-10,19-20,31-33H,11-15H2,1-3H3/t19-,20-/m1/s1. The Bertz CT molecular complexity index is 1110. The lowest BCUT2D eigenvalue weighted by atomic mass is 9.77. The van der Waals surface area contributed by atoms with E-state index in [1.54, 1.807) is 4.68 Å². The van der Waals surface area contributed by atoms with Crippen molar-refractivity contribution in [3.8, 4) is 11.5 Å². The lowest BCUT2D eigenvalue weighted by molar-refractivity contribution is 0.0878. The van der Waals surface area contributed by atoms with E-state index in [9.17, 15) is 15.3 Å². The predicted octanol–water partition coefficient (Wildman–Crippen LogP) is 3.43. The average Bonchev–Trinajstić information content (AvgIpc) is 3.20. The molecule has 0 spiro atoms. The van der Waals surface area contributed by atoms with Crippen LogP contribution in [0.15, 0.2) is 42.5 Å². The van der Waals surface area contributed by atoms with Gasteiger partial charge in [0.05, 0.1) is 19.0 Å². The number of benzene rings is 2. The number of hydrogen-bond acceptors (Lipinski definition) is 7. The average molecular weight is 616 g/mol. The van der Waals surface area contributed by atoms with E-state index in [1.807, 2.05) is 65.9 Å². The molecule has 3 aromatic rings. The van der Waals surface area contributed by atoms with Crippen molar-refractivity contribution >= 4 is 34.2 Å². The van der Waals surface area contributed by atoms with E-state index in [1.165, 1.54) is 0 Å². The maximum Gasteiger partial charge on any atom is 0.125 e. The van der Waals surface area contributed by atoms with E-state index < -0.39 is 12.2 Å². The molecular formula is C25H31ClIN3O5. The Hall–Kier alpha value is -1.92. The van der Waals surface area contributed by atoms with Gasteiger partial charge in [-0.2, -0.15) is 0 Å². The highest BCUT2D eigenvalue weighted by Gasteiger charge is 2.24. The van der Waals surface area contributed by atoms with Crippen LogP contribution in [0.3, 0.4) is 0 Å². The van der Waals surface area contributed by atoms with Gasteiger partial charge in [0.25, 0.3) is 0 Å². The van der Waals surface area contributed by atoms with Crippen LogP contribution in [0.2, 0.25) is 0 Å². The predicted molar refractivity (Wildman–Crippen MR) is 142 cm³/mol. The van der Waals surface area contributed by atoms with E-state index >= 15 is 0 Å². The molecule has 1 aromatic heterocycles. The molecule has 0 aliphatic rings. The first-order valence-corrected chi connectivity index (χ1v) is 12.8. The number of ether oxygens (including phenoxy) is 2. The molecule has 0 saturated heterocycles. The molecule has 8 nitrogen and oxygen atoms in total. The van der Waals surface area contributed by atoms with Gasteiger partial charge in [0.15, 0.2) is 0 Å². The highest BCUT2D eigenvalue weighted by atomic mass is 127. The molecule has 2 atom stereocenters. The number of aliphatic hydroxyl groups is 3. The Morgan fingerprint density at radius 3 is 2.29 bits per heavy atom. The summed E-state index contributed by atoms with van der Waals surface area (Å²) >= 11 is 7.65. The Kier molecular flexibility index (Phi) is 9.77. The third kappa shape index (κ3) is 7.07. The third-order valence-electron chi connectivity index (χ3n) is 5.80. The molecule has 1 heterocycles. The summed E-state index contributed by atoms with van der Waals surface area (Å²) in [7, 11) is 0. The molecular weight excluding hydrogens is 585 g/mol. The van der Waals surface area contributed by atoms with Gasteiger partial charge < -0.3 is 24.8 Å². The van der Waals surface area contributed by atoms with E-state index in [2.05, 4.69) is 30.2 Å². The van der Waals surface area contributed by atoms with Crippen molar-refractivity contribution < 1.29 is 24.8 Å². The summed E-state index contributed by atoms with van der Waals surface area (Å²) in [6, 6.07) is 13.9. The van der Waals surface area contributed by atoms with Crippen LogP contribution in [0.4, 0.5) is 0 Å². The van der Waals surface area contributed by atoms with Gasteiger partial charge in [-0.05, 0) is 64.4 Å². The summed E-state index contributed by atoms with van der Waals surface area (Å²) in [5.41, 5.74) is 3.44. The van der Waals surface area contributed by atoms with Crippen LogP contribution in [-0.4, -0.2) is 61.6 Å². The molecule has 0 amide bonds. The van der Waals surface area contributed by atoms with Crippen molar-refractivity contribution in [2.45, 2.75) is 51.5 Å². The van der Waals surface area contributed by atoms with Crippen molar-refractivity contribution in [1.82, 2.24) is 15.0 Å². The first-order chi connectivity index (χ1) is 16.6. The zero-order valence-corrected chi connectivity index (χ0v) is 22.9. The maximum absolute atomic E-state index is 10.4. The van der Waals surface area contributed by atoms with Crippen LogP contribution in [0.5, 0.6) is 11.5 Å². The Balaban J connectivity index is 1.62. The largest absolute Gasteiger partial charge is 0.491 e. The van der Waals surface area contributed by atoms with Gasteiger partial charge in [-0.3, -0.25) is 0 Å². The Morgan fingerprint density at radius 1 is 1.03 bits per heavy atom. The van der Waals surface area contributed by atoms with Gasteiger partial charge in [0.2, 0.25) is 0 Å². The summed E-state index contributed by atoms with van der Waals surface area (Å²) < 4.78 is 13.7. The minimum Gasteiger partial charge on any atom is -0.491 e. The maximum atomic E-state index is 10.4. The number of halogens is 2. The number of nitrogens with zero attached hydrogens (tertiary/aromatic N) is 3. The molecule has 0 radical (unpaired) electrons. The zero-order valence-electron chi connectivity index (χ0n) is 20.0. The highest BCUT2D eigenvalue weighted by molar-refractivity contribution is 14.1. The second-order valence-electron chi connectivity index (χ2n) is 8.88. The quantitative estimate of drug-likeness (QED) is 0.212. The third-order valence-corrected chi connectivity index (χ3v) is 7.33. The fourth-order valence-corrected chi connectivity index (χ4v) is 4.22. The van der Waals surface area contributed by atoms with E-state index in [-0.39, 0.29) is 37.7 Å². The molecule has 3 N–H and O–H groups in total. The normalized spacial score (nSPS) is 13.5. The highest BCUT2D eigenvalue weighted by Crippen LogP contribution is 2.34. The number of aryl methyl sites for hydroxylation is 1. The van der Waals surface area contributed by atoms with Crippen LogP contribution in [-0.2, 0) is 18.6 Å². The fraction of sp³-hybridized carbons (Fsp3) is 0.440.